The van der Waals surface area contributed by atoms with Gasteiger partial charge in [0.15, 0.2) is 30.9 Å². The van der Waals surface area contributed by atoms with E-state index in [2.05, 4.69) is 171 Å². The van der Waals surface area contributed by atoms with E-state index < -0.39 is 10.8 Å². The summed E-state index contributed by atoms with van der Waals surface area (Å²) in [6.07, 6.45) is 5.91. The van der Waals surface area contributed by atoms with Gasteiger partial charge >= 0.3 is 0 Å². The van der Waals surface area contributed by atoms with Crippen molar-refractivity contribution in [1.29, 1.82) is 10.5 Å². The predicted octanol–water partition coefficient (Wildman–Crippen LogP) is 21.0. The molecule has 0 spiro atoms. The van der Waals surface area contributed by atoms with Gasteiger partial charge in [0.2, 0.25) is 0 Å². The van der Waals surface area contributed by atoms with Gasteiger partial charge in [0.1, 0.15) is 20.0 Å². The third-order valence-corrected chi connectivity index (χ3v) is 26.6. The average Bonchev–Trinajstić information content (AvgIpc) is 1.50. The van der Waals surface area contributed by atoms with Crippen molar-refractivity contribution >= 4 is 138 Å². The van der Waals surface area contributed by atoms with E-state index in [4.69, 9.17) is 33.1 Å². The summed E-state index contributed by atoms with van der Waals surface area (Å²) in [7, 11) is 0. The number of Topliss-reactive ketones (excluding diaryl/α,β-unsaturated/α-hetero) is 2. The molecule has 5 aliphatic rings. The number of benzene rings is 8. The van der Waals surface area contributed by atoms with Crippen molar-refractivity contribution in [3.63, 3.8) is 0 Å². The predicted molar refractivity (Wildman–Crippen MR) is 398 cm³/mol. The molecule has 462 valence electrons. The highest BCUT2D eigenvalue weighted by Gasteiger charge is 2.58. The summed E-state index contributed by atoms with van der Waals surface area (Å²) < 4.78 is 1.13. The number of carbonyl (C=O) groups excluding carboxylic acids is 2. The molecular weight excluding hydrogens is 1320 g/mol. The monoisotopic (exact) mass is 1370 g/mol. The fourth-order valence-electron chi connectivity index (χ4n) is 15.5. The molecule has 13 aromatic rings. The van der Waals surface area contributed by atoms with Crippen molar-refractivity contribution in [3.05, 3.63) is 331 Å². The summed E-state index contributed by atoms with van der Waals surface area (Å²) in [6, 6.07) is 67.2. The SMILES string of the molecule is [C-]#[N+]/C(C#N)=C1\C(=C\c2nc3sc(C4=CC5C(S4)c4cc6c(cc4C5(c4ccc(C)cc4)c4ccc(C)cc4)-c4cc5cc(-c7nc8sc(/C=C9\C(=O)c%10ccccc%10\C9=C(\C#N)[N+]#[C-])nc8s7)sc5cc4C6(c4ccc(C)cc4)c4ccc(C)cc4)nc3s2)C(=O)c2ccccc21. The van der Waals surface area contributed by atoms with E-state index in [1.54, 1.807) is 71.2 Å². The zero-order chi connectivity index (χ0) is 66.6. The second kappa shape index (κ2) is 22.3. The molecule has 2 atom stereocenters. The lowest BCUT2D eigenvalue weighted by Gasteiger charge is -2.37. The molecule has 1 aliphatic heterocycles. The van der Waals surface area contributed by atoms with Crippen LogP contribution in [0.25, 0.3) is 88.3 Å². The Hall–Kier alpha value is -10.9. The zero-order valence-corrected chi connectivity index (χ0v) is 57.4. The van der Waals surface area contributed by atoms with Crippen molar-refractivity contribution in [2.45, 2.75) is 43.8 Å². The fraction of sp³-hybridized carbons (Fsp3) is 0.0976. The fourth-order valence-corrected chi connectivity index (χ4v) is 22.2. The second-order valence-electron chi connectivity index (χ2n) is 25.3. The molecule has 0 saturated carbocycles. The molecule has 18 rings (SSSR count). The van der Waals surface area contributed by atoms with Crippen LogP contribution in [0.15, 0.2) is 205 Å². The van der Waals surface area contributed by atoms with E-state index in [1.807, 2.05) is 36.0 Å². The van der Waals surface area contributed by atoms with Gasteiger partial charge in [0.05, 0.1) is 41.0 Å². The van der Waals surface area contributed by atoms with E-state index >= 15 is 0 Å². The third-order valence-electron chi connectivity index (χ3n) is 19.8. The van der Waals surface area contributed by atoms with Crippen molar-refractivity contribution in [1.82, 2.24) is 19.9 Å². The molecule has 0 bridgehead atoms. The molecule has 2 unspecified atom stereocenters. The quantitative estimate of drug-likeness (QED) is 0.0825. The standard InChI is InChI=1S/C82H46N8O2S6/c1-41-15-23-46(24-16-41)81(47-25-17-42(2)18-26-47)59-34-56-60(33-55(59)54-31-45-32-66(93-65(45)37-61(54)81)75-89-79-77(97-75)87-68(95-79)35-57-70(63(39-83)85-5)50-11-7-9-13-52(50)72(57)91)82(48-27-19-43(3)20-28-48,49-29-21-44(4)22-30-49)62-38-67(94-74(56)62)76-90-80-78(98-76)88-69(96-80)36-58-71(64(40-84)86-6)51-12-8-10-14-53(51)73(58)92/h7-38,62,74H,1-4H3/b57-35-,58-36-,70-63+,71-64-. The van der Waals surface area contributed by atoms with Gasteiger partial charge in [-0.15, -0.1) is 23.1 Å². The Morgan fingerprint density at radius 2 is 0.939 bits per heavy atom. The number of thioether (sulfide) groups is 1. The first-order valence-corrected chi connectivity index (χ1v) is 36.5. The van der Waals surface area contributed by atoms with Gasteiger partial charge in [-0.2, -0.15) is 0 Å². The van der Waals surface area contributed by atoms with Gasteiger partial charge in [-0.1, -0.05) is 225 Å². The van der Waals surface area contributed by atoms with E-state index in [0.29, 0.717) is 43.4 Å². The van der Waals surface area contributed by atoms with Crippen LogP contribution in [0.1, 0.15) is 119 Å². The number of fused-ring (bicyclic) bond motifs is 11. The van der Waals surface area contributed by atoms with Crippen LogP contribution in [-0.4, -0.2) is 31.5 Å². The first-order valence-electron chi connectivity index (χ1n) is 31.5. The van der Waals surface area contributed by atoms with Crippen molar-refractivity contribution in [3.8, 4) is 33.2 Å². The van der Waals surface area contributed by atoms with Crippen LogP contribution in [0.5, 0.6) is 0 Å². The van der Waals surface area contributed by atoms with Crippen LogP contribution < -0.4 is 0 Å². The van der Waals surface area contributed by atoms with E-state index in [0.717, 1.165) is 49.2 Å². The van der Waals surface area contributed by atoms with Crippen LogP contribution in [-0.2, 0) is 10.8 Å². The minimum Gasteiger partial charge on any atom is -0.289 e. The van der Waals surface area contributed by atoms with Gasteiger partial charge < -0.3 is 0 Å². The molecule has 16 heteroatoms. The number of thiazole rings is 4. The molecule has 0 amide bonds. The highest BCUT2D eigenvalue weighted by Crippen LogP contribution is 2.70. The van der Waals surface area contributed by atoms with Gasteiger partial charge in [-0.25, -0.2) is 40.1 Å². The summed E-state index contributed by atoms with van der Waals surface area (Å²) >= 11 is 9.46. The first kappa shape index (κ1) is 59.6. The minimum absolute atomic E-state index is 0.0311. The van der Waals surface area contributed by atoms with Gasteiger partial charge in [0.25, 0.3) is 11.4 Å². The molecule has 4 aliphatic carbocycles. The lowest BCUT2D eigenvalue weighted by Crippen LogP contribution is -2.34. The number of carbonyl (C=O) groups is 2. The Kier molecular flexibility index (Phi) is 13.6. The molecule has 5 aromatic heterocycles. The maximum Gasteiger partial charge on any atom is 0.270 e. The van der Waals surface area contributed by atoms with Crippen LogP contribution in [0.3, 0.4) is 0 Å². The van der Waals surface area contributed by atoms with Gasteiger partial charge in [-0.3, -0.25) is 9.59 Å². The van der Waals surface area contributed by atoms with Crippen LogP contribution in [0, 0.1) is 69.4 Å². The lowest BCUT2D eigenvalue weighted by molar-refractivity contribution is 0.103. The average molecular weight is 1370 g/mol. The molecule has 0 radical (unpaired) electrons. The minimum atomic E-state index is -0.751. The molecule has 10 nitrogen and oxygen atoms in total. The van der Waals surface area contributed by atoms with E-state index in [9.17, 15) is 20.1 Å². The lowest BCUT2D eigenvalue weighted by atomic mass is 9.64. The number of rotatable bonds is 8. The molecule has 0 saturated heterocycles. The zero-order valence-electron chi connectivity index (χ0n) is 52.5. The Bertz CT molecular complexity index is 5930. The third kappa shape index (κ3) is 8.70. The van der Waals surface area contributed by atoms with E-state index in [1.165, 1.54) is 112 Å². The molecule has 0 N–H and O–H groups in total. The number of nitriles is 2. The number of hydrogen-bond donors (Lipinski definition) is 0. The van der Waals surface area contributed by atoms with Crippen LogP contribution in [0.4, 0.5) is 0 Å². The Morgan fingerprint density at radius 1 is 0.490 bits per heavy atom. The molecule has 6 heterocycles. The summed E-state index contributed by atoms with van der Waals surface area (Å²) in [4.78, 5) is 60.6. The summed E-state index contributed by atoms with van der Waals surface area (Å²) in [5, 5.41) is 24.0. The number of thiophene rings is 1. The largest absolute Gasteiger partial charge is 0.289 e. The van der Waals surface area contributed by atoms with Crippen LogP contribution >= 0.6 is 68.4 Å². The van der Waals surface area contributed by atoms with Crippen molar-refractivity contribution < 1.29 is 9.59 Å². The maximum absolute atomic E-state index is 14.0. The summed E-state index contributed by atoms with van der Waals surface area (Å²) in [5.41, 5.74) is 18.5. The number of nitrogens with zero attached hydrogens (tertiary/aromatic N) is 8. The number of aryl methyl sites for hydroxylation is 4. The molecule has 0 fully saturated rings. The second-order valence-corrected chi connectivity index (χ2v) is 31.5. The number of hydrogen-bond acceptors (Lipinski definition) is 14. The number of aromatic nitrogens is 4. The summed E-state index contributed by atoms with van der Waals surface area (Å²) in [6.45, 7) is 24.2. The van der Waals surface area contributed by atoms with Gasteiger partial charge in [0, 0.05) is 54.2 Å². The number of allylic oxidation sites excluding steroid dienone is 7. The highest BCUT2D eigenvalue weighted by molar-refractivity contribution is 8.09. The molecule has 98 heavy (non-hydrogen) atoms. The Balaban J connectivity index is 0.796. The normalized spacial score (nSPS) is 18.5. The highest BCUT2D eigenvalue weighted by atomic mass is 32.2. The Morgan fingerprint density at radius 3 is 1.43 bits per heavy atom. The smallest absolute Gasteiger partial charge is 0.270 e. The first-order chi connectivity index (χ1) is 47.8. The molecular formula is C82H46N8O2S6. The Labute approximate surface area is 587 Å². The van der Waals surface area contributed by atoms with Crippen molar-refractivity contribution in [2.24, 2.45) is 5.92 Å². The van der Waals surface area contributed by atoms with Crippen molar-refractivity contribution in [2.75, 3.05) is 0 Å². The van der Waals surface area contributed by atoms with Crippen LogP contribution in [0.2, 0.25) is 0 Å². The summed E-state index contributed by atoms with van der Waals surface area (Å²) in [5.74, 6) is -0.532. The molecule has 8 aromatic carbocycles. The van der Waals surface area contributed by atoms with E-state index in [-0.39, 0.29) is 45.3 Å². The maximum atomic E-state index is 14.0. The number of ketones is 2. The topological polar surface area (TPSA) is 142 Å². The van der Waals surface area contributed by atoms with Gasteiger partial charge in [-0.05, 0) is 136 Å².